The van der Waals surface area contributed by atoms with Crippen molar-refractivity contribution in [2.75, 3.05) is 0 Å². The van der Waals surface area contributed by atoms with E-state index in [-0.39, 0.29) is 11.4 Å². The number of imide groups is 1. The molecule has 0 spiro atoms. The van der Waals surface area contributed by atoms with E-state index >= 15 is 0 Å². The van der Waals surface area contributed by atoms with E-state index in [1.807, 2.05) is 0 Å². The third-order valence-corrected chi connectivity index (χ3v) is 2.41. The Labute approximate surface area is 97.2 Å². The van der Waals surface area contributed by atoms with Gasteiger partial charge in [-0.3, -0.25) is 14.9 Å². The van der Waals surface area contributed by atoms with E-state index in [1.165, 1.54) is 19.1 Å². The molecule has 2 rings (SSSR count). The number of nitrogens with one attached hydrogen (secondary N) is 1. The molecule has 2 amide bonds. The maximum Gasteiger partial charge on any atom is 0.258 e. The van der Waals surface area contributed by atoms with Gasteiger partial charge >= 0.3 is 0 Å². The van der Waals surface area contributed by atoms with Crippen LogP contribution in [0.2, 0.25) is 0 Å². The molecule has 3 nitrogen and oxygen atoms in total. The molecule has 4 heteroatoms. The van der Waals surface area contributed by atoms with Gasteiger partial charge in [0.05, 0.1) is 0 Å². The van der Waals surface area contributed by atoms with E-state index in [1.54, 1.807) is 24.3 Å². The molecule has 0 aromatic heterocycles. The highest BCUT2D eigenvalue weighted by Crippen LogP contribution is 2.21. The van der Waals surface area contributed by atoms with Crippen molar-refractivity contribution in [3.05, 3.63) is 47.8 Å². The second-order valence-electron chi connectivity index (χ2n) is 3.65. The zero-order valence-corrected chi connectivity index (χ0v) is 9.16. The Kier molecular flexibility index (Phi) is 2.87. The van der Waals surface area contributed by atoms with Gasteiger partial charge in [-0.05, 0) is 17.5 Å². The molecule has 0 saturated carbocycles. The predicted octanol–water partition coefficient (Wildman–Crippen LogP) is 2.26. The van der Waals surface area contributed by atoms with E-state index in [2.05, 4.69) is 5.32 Å². The summed E-state index contributed by atoms with van der Waals surface area (Å²) in [5, 5.41) is 3.03. The zero-order chi connectivity index (χ0) is 12.4. The summed E-state index contributed by atoms with van der Waals surface area (Å²) in [6, 6.07) is 9.24. The number of carbonyl (C=O) groups is 2. The molecule has 0 aliphatic heterocycles. The van der Waals surface area contributed by atoms with Crippen molar-refractivity contribution >= 4 is 22.6 Å². The standard InChI is InChI=1S/C13H10FNO2/c1-8(16)15-13(17)11-6-7-12(14)10-5-3-2-4-9(10)11/h2-7H,1H3,(H,15,16,17). The minimum atomic E-state index is -0.520. The predicted molar refractivity (Wildman–Crippen MR) is 62.1 cm³/mol. The summed E-state index contributed by atoms with van der Waals surface area (Å²) < 4.78 is 13.5. The summed E-state index contributed by atoms with van der Waals surface area (Å²) in [5.74, 6) is -1.35. The molecule has 0 aliphatic carbocycles. The molecule has 0 atom stereocenters. The van der Waals surface area contributed by atoms with Crippen LogP contribution in [0, 0.1) is 5.82 Å². The van der Waals surface area contributed by atoms with Crippen LogP contribution in [-0.2, 0) is 4.79 Å². The number of benzene rings is 2. The normalized spacial score (nSPS) is 10.2. The van der Waals surface area contributed by atoms with Crippen LogP contribution < -0.4 is 5.32 Å². The number of hydrogen-bond donors (Lipinski definition) is 1. The smallest absolute Gasteiger partial charge is 0.258 e. The summed E-state index contributed by atoms with van der Waals surface area (Å²) >= 11 is 0. The zero-order valence-electron chi connectivity index (χ0n) is 9.16. The van der Waals surface area contributed by atoms with Crippen molar-refractivity contribution in [2.45, 2.75) is 6.92 Å². The molecule has 86 valence electrons. The van der Waals surface area contributed by atoms with Gasteiger partial charge in [-0.25, -0.2) is 4.39 Å². The summed E-state index contributed by atoms with van der Waals surface area (Å²) in [6.07, 6.45) is 0. The second kappa shape index (κ2) is 4.33. The first-order valence-electron chi connectivity index (χ1n) is 5.09. The fourth-order valence-electron chi connectivity index (χ4n) is 1.69. The molecular formula is C13H10FNO2. The lowest BCUT2D eigenvalue weighted by Gasteiger charge is -2.06. The van der Waals surface area contributed by atoms with Gasteiger partial charge in [0.25, 0.3) is 5.91 Å². The number of halogens is 1. The Bertz CT molecular complexity index is 607. The van der Waals surface area contributed by atoms with Gasteiger partial charge in [-0.1, -0.05) is 24.3 Å². The Morgan fingerprint density at radius 2 is 1.71 bits per heavy atom. The fourth-order valence-corrected chi connectivity index (χ4v) is 1.69. The Balaban J connectivity index is 2.59. The lowest BCUT2D eigenvalue weighted by Crippen LogP contribution is -2.28. The van der Waals surface area contributed by atoms with E-state index in [4.69, 9.17) is 0 Å². The molecule has 0 heterocycles. The molecule has 17 heavy (non-hydrogen) atoms. The number of rotatable bonds is 1. The topological polar surface area (TPSA) is 46.2 Å². The molecule has 1 N–H and O–H groups in total. The number of amides is 2. The summed E-state index contributed by atoms with van der Waals surface area (Å²) in [5.41, 5.74) is 0.289. The first-order chi connectivity index (χ1) is 8.09. The SMILES string of the molecule is CC(=O)NC(=O)c1ccc(F)c2ccccc12. The summed E-state index contributed by atoms with van der Waals surface area (Å²) in [4.78, 5) is 22.6. The lowest BCUT2D eigenvalue weighted by atomic mass is 10.0. The van der Waals surface area contributed by atoms with Crippen LogP contribution in [0.15, 0.2) is 36.4 Å². The van der Waals surface area contributed by atoms with Crippen molar-refractivity contribution in [2.24, 2.45) is 0 Å². The maximum atomic E-state index is 13.5. The lowest BCUT2D eigenvalue weighted by molar-refractivity contribution is -0.118. The summed E-state index contributed by atoms with van der Waals surface area (Å²) in [6.45, 7) is 1.25. The molecule has 2 aromatic carbocycles. The highest BCUT2D eigenvalue weighted by atomic mass is 19.1. The molecule has 0 bridgehead atoms. The highest BCUT2D eigenvalue weighted by molar-refractivity contribution is 6.11. The quantitative estimate of drug-likeness (QED) is 0.818. The van der Waals surface area contributed by atoms with Crippen molar-refractivity contribution in [1.82, 2.24) is 5.32 Å². The van der Waals surface area contributed by atoms with E-state index < -0.39 is 11.8 Å². The Hall–Kier alpha value is -2.23. The highest BCUT2D eigenvalue weighted by Gasteiger charge is 2.12. The molecule has 0 unspecified atom stereocenters. The molecular weight excluding hydrogens is 221 g/mol. The van der Waals surface area contributed by atoms with Crippen LogP contribution >= 0.6 is 0 Å². The minimum absolute atomic E-state index is 0.289. The van der Waals surface area contributed by atoms with Crippen LogP contribution in [0.25, 0.3) is 10.8 Å². The molecule has 0 fully saturated rings. The fraction of sp³-hybridized carbons (Fsp3) is 0.0769. The van der Waals surface area contributed by atoms with Crippen LogP contribution in [-0.4, -0.2) is 11.8 Å². The monoisotopic (exact) mass is 231 g/mol. The summed E-state index contributed by atoms with van der Waals surface area (Å²) in [7, 11) is 0. The van der Waals surface area contributed by atoms with Gasteiger partial charge in [0.1, 0.15) is 5.82 Å². The van der Waals surface area contributed by atoms with Crippen LogP contribution in [0.4, 0.5) is 4.39 Å². The first kappa shape index (κ1) is 11.3. The van der Waals surface area contributed by atoms with Crippen molar-refractivity contribution in [1.29, 1.82) is 0 Å². The number of carbonyl (C=O) groups excluding carboxylic acids is 2. The second-order valence-corrected chi connectivity index (χ2v) is 3.65. The van der Waals surface area contributed by atoms with Crippen molar-refractivity contribution < 1.29 is 14.0 Å². The van der Waals surface area contributed by atoms with Crippen molar-refractivity contribution in [3.8, 4) is 0 Å². The maximum absolute atomic E-state index is 13.5. The van der Waals surface area contributed by atoms with Gasteiger partial charge in [-0.2, -0.15) is 0 Å². The van der Waals surface area contributed by atoms with E-state index in [0.717, 1.165) is 0 Å². The first-order valence-corrected chi connectivity index (χ1v) is 5.09. The van der Waals surface area contributed by atoms with Gasteiger partial charge < -0.3 is 0 Å². The number of hydrogen-bond acceptors (Lipinski definition) is 2. The third-order valence-electron chi connectivity index (χ3n) is 2.41. The third kappa shape index (κ3) is 2.15. The Morgan fingerprint density at radius 3 is 2.35 bits per heavy atom. The van der Waals surface area contributed by atoms with Gasteiger partial charge in [-0.15, -0.1) is 0 Å². The van der Waals surface area contributed by atoms with Gasteiger partial charge in [0, 0.05) is 17.9 Å². The molecule has 0 radical (unpaired) electrons. The molecule has 2 aromatic rings. The molecule has 0 saturated heterocycles. The molecule has 0 aliphatic rings. The van der Waals surface area contributed by atoms with Crippen molar-refractivity contribution in [3.63, 3.8) is 0 Å². The van der Waals surface area contributed by atoms with E-state index in [9.17, 15) is 14.0 Å². The van der Waals surface area contributed by atoms with Gasteiger partial charge in [0.15, 0.2) is 0 Å². The minimum Gasteiger partial charge on any atom is -0.293 e. The van der Waals surface area contributed by atoms with Crippen LogP contribution in [0.3, 0.4) is 0 Å². The number of fused-ring (bicyclic) bond motifs is 1. The largest absolute Gasteiger partial charge is 0.293 e. The Morgan fingerprint density at radius 1 is 1.06 bits per heavy atom. The van der Waals surface area contributed by atoms with Crippen LogP contribution in [0.1, 0.15) is 17.3 Å². The average Bonchev–Trinajstić information content (AvgIpc) is 2.29. The average molecular weight is 231 g/mol. The van der Waals surface area contributed by atoms with Crippen LogP contribution in [0.5, 0.6) is 0 Å². The van der Waals surface area contributed by atoms with Gasteiger partial charge in [0.2, 0.25) is 5.91 Å². The van der Waals surface area contributed by atoms with E-state index in [0.29, 0.717) is 10.8 Å².